The van der Waals surface area contributed by atoms with Gasteiger partial charge in [-0.1, -0.05) is 11.6 Å². The Hall–Kier alpha value is -1.93. The number of benzene rings is 2. The lowest BCUT2D eigenvalue weighted by molar-refractivity contribution is 0.0393. The number of carbonyl (C=O) groups is 1. The van der Waals surface area contributed by atoms with Crippen molar-refractivity contribution in [1.29, 1.82) is 0 Å². The third kappa shape index (κ3) is 4.07. The van der Waals surface area contributed by atoms with Crippen LogP contribution in [0.3, 0.4) is 0 Å². The van der Waals surface area contributed by atoms with Crippen LogP contribution in [0.4, 0.5) is 5.69 Å². The van der Waals surface area contributed by atoms with Crippen LogP contribution in [0, 0.1) is 0 Å². The summed E-state index contributed by atoms with van der Waals surface area (Å²) in [5, 5.41) is 3.28. The first-order valence-electron chi connectivity index (χ1n) is 8.14. The maximum Gasteiger partial charge on any atom is 0.255 e. The van der Waals surface area contributed by atoms with Crippen molar-refractivity contribution < 1.29 is 17.9 Å². The van der Waals surface area contributed by atoms with E-state index in [0.717, 1.165) is 0 Å². The van der Waals surface area contributed by atoms with Gasteiger partial charge in [-0.05, 0) is 55.5 Å². The molecule has 2 aromatic rings. The minimum atomic E-state index is -3.59. The second kappa shape index (κ2) is 7.75. The van der Waals surface area contributed by atoms with Gasteiger partial charge in [0.1, 0.15) is 0 Å². The summed E-state index contributed by atoms with van der Waals surface area (Å²) in [5.41, 5.74) is 0.979. The number of carbonyl (C=O) groups excluding carboxylic acids is 1. The number of anilines is 1. The van der Waals surface area contributed by atoms with Gasteiger partial charge in [0.05, 0.1) is 18.1 Å². The Morgan fingerprint density at radius 3 is 2.42 bits per heavy atom. The molecule has 1 saturated heterocycles. The fourth-order valence-electron chi connectivity index (χ4n) is 2.72. The van der Waals surface area contributed by atoms with E-state index in [-0.39, 0.29) is 16.8 Å². The topological polar surface area (TPSA) is 75.7 Å². The van der Waals surface area contributed by atoms with Crippen LogP contribution in [0.1, 0.15) is 17.3 Å². The molecule has 1 fully saturated rings. The molecule has 0 aliphatic carbocycles. The molecule has 1 N–H and O–H groups in total. The third-order valence-corrected chi connectivity index (χ3v) is 6.41. The van der Waals surface area contributed by atoms with Crippen molar-refractivity contribution in [2.45, 2.75) is 17.9 Å². The molecule has 0 aromatic heterocycles. The average Bonchev–Trinajstić information content (AvgIpc) is 2.63. The molecule has 1 unspecified atom stereocenters. The molecule has 0 spiro atoms. The van der Waals surface area contributed by atoms with Crippen molar-refractivity contribution >= 4 is 33.2 Å². The molecule has 0 bridgehead atoms. The lowest BCUT2D eigenvalue weighted by atomic mass is 10.2. The highest BCUT2D eigenvalue weighted by Crippen LogP contribution is 2.22. The zero-order chi connectivity index (χ0) is 18.7. The van der Waals surface area contributed by atoms with Crippen LogP contribution in [0.15, 0.2) is 53.4 Å². The predicted octanol–water partition coefficient (Wildman–Crippen LogP) is 3.00. The standard InChI is InChI=1S/C18H19ClN2O4S/c1-13-12-25-11-10-21(13)26(23,24)17-8-6-16(7-9-17)20-18(22)14-2-4-15(19)5-3-14/h2-9,13H,10-12H2,1H3,(H,20,22). The van der Waals surface area contributed by atoms with E-state index in [9.17, 15) is 13.2 Å². The maximum absolute atomic E-state index is 12.8. The summed E-state index contributed by atoms with van der Waals surface area (Å²) in [6.45, 7) is 2.92. The van der Waals surface area contributed by atoms with E-state index in [1.165, 1.54) is 16.4 Å². The third-order valence-electron chi connectivity index (χ3n) is 4.13. The predicted molar refractivity (Wildman–Crippen MR) is 100 cm³/mol. The van der Waals surface area contributed by atoms with Crippen LogP contribution in [-0.4, -0.2) is 44.4 Å². The molecule has 8 heteroatoms. The Morgan fingerprint density at radius 1 is 1.15 bits per heavy atom. The van der Waals surface area contributed by atoms with Crippen molar-refractivity contribution in [3.8, 4) is 0 Å². The average molecular weight is 395 g/mol. The van der Waals surface area contributed by atoms with Crippen molar-refractivity contribution in [1.82, 2.24) is 4.31 Å². The van der Waals surface area contributed by atoms with E-state index in [1.807, 2.05) is 6.92 Å². The number of morpholine rings is 1. The quantitative estimate of drug-likeness (QED) is 0.864. The summed E-state index contributed by atoms with van der Waals surface area (Å²) < 4.78 is 32.2. The number of ether oxygens (including phenoxy) is 1. The Bertz CT molecular complexity index is 882. The number of amides is 1. The van der Waals surface area contributed by atoms with E-state index in [0.29, 0.717) is 36.0 Å². The summed E-state index contributed by atoms with van der Waals surface area (Å²) in [7, 11) is -3.59. The van der Waals surface area contributed by atoms with Gasteiger partial charge in [-0.2, -0.15) is 4.31 Å². The molecule has 1 heterocycles. The van der Waals surface area contributed by atoms with E-state index >= 15 is 0 Å². The summed E-state index contributed by atoms with van der Waals surface area (Å²) >= 11 is 5.81. The van der Waals surface area contributed by atoms with Crippen molar-refractivity contribution in [2.75, 3.05) is 25.1 Å². The first-order chi connectivity index (χ1) is 12.4. The van der Waals surface area contributed by atoms with Gasteiger partial charge in [0.15, 0.2) is 0 Å². The largest absolute Gasteiger partial charge is 0.378 e. The zero-order valence-electron chi connectivity index (χ0n) is 14.2. The molecular weight excluding hydrogens is 376 g/mol. The van der Waals surface area contributed by atoms with E-state index in [1.54, 1.807) is 36.4 Å². The zero-order valence-corrected chi connectivity index (χ0v) is 15.8. The summed E-state index contributed by atoms with van der Waals surface area (Å²) in [4.78, 5) is 12.4. The fraction of sp³-hybridized carbons (Fsp3) is 0.278. The van der Waals surface area contributed by atoms with Crippen LogP contribution >= 0.6 is 11.6 Å². The van der Waals surface area contributed by atoms with Crippen LogP contribution in [0.5, 0.6) is 0 Å². The Morgan fingerprint density at radius 2 is 1.81 bits per heavy atom. The van der Waals surface area contributed by atoms with Gasteiger partial charge < -0.3 is 10.1 Å². The Balaban J connectivity index is 1.73. The highest BCUT2D eigenvalue weighted by atomic mass is 35.5. The van der Waals surface area contributed by atoms with Crippen molar-refractivity contribution in [3.63, 3.8) is 0 Å². The van der Waals surface area contributed by atoms with Gasteiger partial charge in [-0.25, -0.2) is 8.42 Å². The molecular formula is C18H19ClN2O4S. The lowest BCUT2D eigenvalue weighted by Crippen LogP contribution is -2.46. The van der Waals surface area contributed by atoms with Gasteiger partial charge in [0.25, 0.3) is 5.91 Å². The second-order valence-corrected chi connectivity index (χ2v) is 8.35. The molecule has 0 saturated carbocycles. The second-order valence-electron chi connectivity index (χ2n) is 6.03. The van der Waals surface area contributed by atoms with Crippen molar-refractivity contribution in [3.05, 3.63) is 59.1 Å². The molecule has 26 heavy (non-hydrogen) atoms. The minimum absolute atomic E-state index is 0.191. The molecule has 1 aliphatic rings. The van der Waals surface area contributed by atoms with Gasteiger partial charge in [0, 0.05) is 28.9 Å². The number of rotatable bonds is 4. The monoisotopic (exact) mass is 394 g/mol. The van der Waals surface area contributed by atoms with Gasteiger partial charge >= 0.3 is 0 Å². The van der Waals surface area contributed by atoms with Crippen LogP contribution in [-0.2, 0) is 14.8 Å². The lowest BCUT2D eigenvalue weighted by Gasteiger charge is -2.32. The molecule has 2 aromatic carbocycles. The van der Waals surface area contributed by atoms with Crippen LogP contribution < -0.4 is 5.32 Å². The Kier molecular flexibility index (Phi) is 5.62. The summed E-state index contributed by atoms with van der Waals surface area (Å²) in [6.07, 6.45) is 0. The van der Waals surface area contributed by atoms with Gasteiger partial charge in [-0.15, -0.1) is 0 Å². The van der Waals surface area contributed by atoms with E-state index in [4.69, 9.17) is 16.3 Å². The number of hydrogen-bond acceptors (Lipinski definition) is 4. The summed E-state index contributed by atoms with van der Waals surface area (Å²) in [5.74, 6) is -0.293. The van der Waals surface area contributed by atoms with Crippen molar-refractivity contribution in [2.24, 2.45) is 0 Å². The maximum atomic E-state index is 12.8. The highest BCUT2D eigenvalue weighted by Gasteiger charge is 2.31. The van der Waals surface area contributed by atoms with Gasteiger partial charge in [-0.3, -0.25) is 4.79 Å². The Labute approximate surface area is 157 Å². The SMILES string of the molecule is CC1COCCN1S(=O)(=O)c1ccc(NC(=O)c2ccc(Cl)cc2)cc1. The molecule has 1 atom stereocenters. The van der Waals surface area contributed by atoms with E-state index < -0.39 is 10.0 Å². The molecule has 138 valence electrons. The first-order valence-corrected chi connectivity index (χ1v) is 9.96. The number of nitrogens with zero attached hydrogens (tertiary/aromatic N) is 1. The number of hydrogen-bond donors (Lipinski definition) is 1. The fourth-order valence-corrected chi connectivity index (χ4v) is 4.45. The smallest absolute Gasteiger partial charge is 0.255 e. The number of sulfonamides is 1. The normalized spacial score (nSPS) is 18.5. The first kappa shape index (κ1) is 18.8. The van der Waals surface area contributed by atoms with Crippen LogP contribution in [0.25, 0.3) is 0 Å². The molecule has 3 rings (SSSR count). The molecule has 1 amide bonds. The minimum Gasteiger partial charge on any atom is -0.378 e. The molecule has 1 aliphatic heterocycles. The number of nitrogens with one attached hydrogen (secondary N) is 1. The summed E-state index contributed by atoms with van der Waals surface area (Å²) in [6, 6.07) is 12.4. The van der Waals surface area contributed by atoms with E-state index in [2.05, 4.69) is 5.32 Å². The van der Waals surface area contributed by atoms with Gasteiger partial charge in [0.2, 0.25) is 10.0 Å². The number of halogens is 1. The van der Waals surface area contributed by atoms with Crippen LogP contribution in [0.2, 0.25) is 5.02 Å². The molecule has 0 radical (unpaired) electrons. The molecule has 6 nitrogen and oxygen atoms in total. The highest BCUT2D eigenvalue weighted by molar-refractivity contribution is 7.89.